The van der Waals surface area contributed by atoms with Crippen LogP contribution in [0.4, 0.5) is 5.00 Å². The molecule has 3 aromatic carbocycles. The van der Waals surface area contributed by atoms with Crippen molar-refractivity contribution < 1.29 is 14.5 Å². The van der Waals surface area contributed by atoms with Crippen LogP contribution in [0.5, 0.6) is 5.75 Å². The lowest BCUT2D eigenvalue weighted by Gasteiger charge is -2.10. The monoisotopic (exact) mass is 481 g/mol. The number of fused-ring (bicyclic) bond motifs is 1. The third-order valence-corrected chi connectivity index (χ3v) is 6.35. The summed E-state index contributed by atoms with van der Waals surface area (Å²) in [6.45, 7) is 0.680. The third kappa shape index (κ3) is 5.02. The predicted octanol–water partition coefficient (Wildman–Crippen LogP) is 6.34. The van der Waals surface area contributed by atoms with E-state index in [-0.39, 0.29) is 5.00 Å². The van der Waals surface area contributed by atoms with Crippen molar-refractivity contribution in [1.29, 1.82) is 0 Å². The topological polar surface area (TPSA) is 87.3 Å². The van der Waals surface area contributed by atoms with E-state index in [4.69, 9.17) is 9.72 Å². The van der Waals surface area contributed by atoms with Gasteiger partial charge in [0.1, 0.15) is 11.6 Å². The molecule has 8 heteroatoms. The van der Waals surface area contributed by atoms with E-state index < -0.39 is 10.9 Å². The van der Waals surface area contributed by atoms with Gasteiger partial charge in [0.25, 0.3) is 0 Å². The van der Waals surface area contributed by atoms with Gasteiger partial charge in [0.05, 0.1) is 16.0 Å². The molecule has 5 rings (SSSR count). The van der Waals surface area contributed by atoms with Gasteiger partial charge in [0, 0.05) is 29.1 Å². The summed E-state index contributed by atoms with van der Waals surface area (Å²) in [5.74, 6) is 0.656. The molecule has 0 atom stereocenters. The molecular formula is C27H19N3O4S. The Morgan fingerprint density at radius 2 is 1.71 bits per heavy atom. The molecule has 7 nitrogen and oxygen atoms in total. The van der Waals surface area contributed by atoms with Crippen molar-refractivity contribution in [3.63, 3.8) is 0 Å². The number of carbonyl (C=O) groups is 1. The first-order valence-corrected chi connectivity index (χ1v) is 11.6. The molecule has 0 amide bonds. The highest BCUT2D eigenvalue weighted by molar-refractivity contribution is 7.16. The number of nitrogens with zero attached hydrogens (tertiary/aromatic N) is 3. The molecule has 0 fully saturated rings. The van der Waals surface area contributed by atoms with Gasteiger partial charge in [0.2, 0.25) is 0 Å². The van der Waals surface area contributed by atoms with Gasteiger partial charge in [-0.2, -0.15) is 0 Å². The van der Waals surface area contributed by atoms with Crippen LogP contribution in [0.2, 0.25) is 0 Å². The Labute approximate surface area is 204 Å². The lowest BCUT2D eigenvalue weighted by molar-refractivity contribution is -0.380. The molecule has 172 valence electrons. The Kier molecular flexibility index (Phi) is 6.19. The van der Waals surface area contributed by atoms with Crippen LogP contribution < -0.4 is 4.74 Å². The van der Waals surface area contributed by atoms with Crippen LogP contribution in [-0.4, -0.2) is 20.4 Å². The third-order valence-electron chi connectivity index (χ3n) is 5.35. The lowest BCUT2D eigenvalue weighted by atomic mass is 10.2. The quantitative estimate of drug-likeness (QED) is 0.0890. The van der Waals surface area contributed by atoms with Gasteiger partial charge in [-0.15, -0.1) is 0 Å². The first kappa shape index (κ1) is 22.2. The summed E-state index contributed by atoms with van der Waals surface area (Å²) in [7, 11) is 0. The van der Waals surface area contributed by atoms with Crippen molar-refractivity contribution in [1.82, 2.24) is 9.55 Å². The van der Waals surface area contributed by atoms with Gasteiger partial charge in [-0.1, -0.05) is 53.8 Å². The maximum atomic E-state index is 12.2. The number of nitro groups is 1. The second-order valence-corrected chi connectivity index (χ2v) is 8.80. The Morgan fingerprint density at radius 3 is 2.46 bits per heavy atom. The molecule has 0 radical (unpaired) electrons. The first-order valence-electron chi connectivity index (χ1n) is 10.8. The van der Waals surface area contributed by atoms with E-state index in [2.05, 4.69) is 22.8 Å². The normalized spacial score (nSPS) is 11.2. The average Bonchev–Trinajstić information content (AvgIpc) is 3.50. The number of aromatic nitrogens is 2. The van der Waals surface area contributed by atoms with Crippen molar-refractivity contribution in [2.45, 2.75) is 6.54 Å². The minimum atomic E-state index is -0.565. The standard InChI is InChI=1S/C27H19N3O4S/c31-26(17-15-22-14-16-25(35-22)30(32)33)34-21-12-10-20(11-13-21)27-28-23-8-4-5-9-24(23)29(27)18-19-6-2-1-3-7-19/h1-17H,18H2/b17-15+. The van der Waals surface area contributed by atoms with Crippen molar-refractivity contribution >= 4 is 39.4 Å². The van der Waals surface area contributed by atoms with Gasteiger partial charge in [-0.05, 0) is 54.1 Å². The summed E-state index contributed by atoms with van der Waals surface area (Å²) >= 11 is 0.989. The predicted molar refractivity (Wildman–Crippen MR) is 136 cm³/mol. The molecule has 0 aliphatic rings. The summed E-state index contributed by atoms with van der Waals surface area (Å²) in [6, 6.07) is 28.4. The number of thiophene rings is 1. The molecule has 0 bridgehead atoms. The minimum Gasteiger partial charge on any atom is -0.423 e. The number of ether oxygens (including phenoxy) is 1. The van der Waals surface area contributed by atoms with Crippen LogP contribution in [0.1, 0.15) is 10.4 Å². The highest BCUT2D eigenvalue weighted by Crippen LogP contribution is 2.28. The molecule has 35 heavy (non-hydrogen) atoms. The van der Waals surface area contributed by atoms with Crippen LogP contribution in [0.3, 0.4) is 0 Å². The van der Waals surface area contributed by atoms with E-state index in [0.29, 0.717) is 17.2 Å². The summed E-state index contributed by atoms with van der Waals surface area (Å²) < 4.78 is 7.56. The minimum absolute atomic E-state index is 0.0203. The van der Waals surface area contributed by atoms with E-state index in [1.807, 2.05) is 48.5 Å². The SMILES string of the molecule is O=C(/C=C/c1ccc([N+](=O)[O-])s1)Oc1ccc(-c2nc3ccccc3n2Cc2ccccc2)cc1. The van der Waals surface area contributed by atoms with Crippen LogP contribution in [0.25, 0.3) is 28.5 Å². The van der Waals surface area contributed by atoms with E-state index in [1.165, 1.54) is 23.8 Å². The Morgan fingerprint density at radius 1 is 0.971 bits per heavy atom. The maximum absolute atomic E-state index is 12.2. The number of benzene rings is 3. The lowest BCUT2D eigenvalue weighted by Crippen LogP contribution is -2.04. The van der Waals surface area contributed by atoms with Crippen LogP contribution in [0.15, 0.2) is 97.1 Å². The zero-order valence-corrected chi connectivity index (χ0v) is 19.2. The molecule has 0 N–H and O–H groups in total. The van der Waals surface area contributed by atoms with Gasteiger partial charge < -0.3 is 9.30 Å². The van der Waals surface area contributed by atoms with E-state index in [0.717, 1.165) is 33.8 Å². The second kappa shape index (κ2) is 9.74. The van der Waals surface area contributed by atoms with Crippen LogP contribution in [0, 0.1) is 10.1 Å². The number of esters is 1. The molecule has 2 heterocycles. The summed E-state index contributed by atoms with van der Waals surface area (Å²) in [6.07, 6.45) is 2.75. The van der Waals surface area contributed by atoms with Crippen molar-refractivity contribution in [2.75, 3.05) is 0 Å². The largest absolute Gasteiger partial charge is 0.423 e. The van der Waals surface area contributed by atoms with Crippen molar-refractivity contribution in [3.05, 3.63) is 118 Å². The van der Waals surface area contributed by atoms with Crippen LogP contribution in [-0.2, 0) is 11.3 Å². The fourth-order valence-electron chi connectivity index (χ4n) is 3.72. The Hall–Kier alpha value is -4.56. The average molecular weight is 482 g/mol. The second-order valence-electron chi connectivity index (χ2n) is 7.71. The molecule has 0 unspecified atom stereocenters. The van der Waals surface area contributed by atoms with Crippen molar-refractivity contribution in [2.24, 2.45) is 0 Å². The Bertz CT molecular complexity index is 1540. The molecule has 0 aliphatic carbocycles. The molecular weight excluding hydrogens is 462 g/mol. The molecule has 0 saturated carbocycles. The van der Waals surface area contributed by atoms with Crippen LogP contribution >= 0.6 is 11.3 Å². The highest BCUT2D eigenvalue weighted by Gasteiger charge is 2.13. The smallest absolute Gasteiger partial charge is 0.336 e. The van der Waals surface area contributed by atoms with Crippen molar-refractivity contribution in [3.8, 4) is 17.1 Å². The summed E-state index contributed by atoms with van der Waals surface area (Å²) in [4.78, 5) is 28.0. The van der Waals surface area contributed by atoms with E-state index in [1.54, 1.807) is 18.2 Å². The first-order chi connectivity index (χ1) is 17.1. The highest BCUT2D eigenvalue weighted by atomic mass is 32.1. The maximum Gasteiger partial charge on any atom is 0.336 e. The number of carbonyl (C=O) groups excluding carboxylic acids is 1. The molecule has 2 aromatic heterocycles. The van der Waals surface area contributed by atoms with Gasteiger partial charge in [-0.25, -0.2) is 9.78 Å². The molecule has 0 aliphatic heterocycles. The number of imidazole rings is 1. The van der Waals surface area contributed by atoms with Gasteiger partial charge in [0.15, 0.2) is 0 Å². The number of para-hydroxylation sites is 2. The number of hydrogen-bond acceptors (Lipinski definition) is 6. The summed E-state index contributed by atoms with van der Waals surface area (Å²) in [5, 5.41) is 10.8. The molecule has 0 saturated heterocycles. The fourth-order valence-corrected chi connectivity index (χ4v) is 4.45. The molecule has 5 aromatic rings. The van der Waals surface area contributed by atoms with Gasteiger partial charge >= 0.3 is 11.0 Å². The van der Waals surface area contributed by atoms with Gasteiger partial charge in [-0.3, -0.25) is 10.1 Å². The van der Waals surface area contributed by atoms with E-state index in [9.17, 15) is 14.9 Å². The number of rotatable bonds is 7. The zero-order valence-electron chi connectivity index (χ0n) is 18.4. The molecule has 0 spiro atoms. The van der Waals surface area contributed by atoms with E-state index >= 15 is 0 Å². The zero-order chi connectivity index (χ0) is 24.2. The fraction of sp³-hybridized carbons (Fsp3) is 0.0370. The Balaban J connectivity index is 1.35. The number of hydrogen-bond donors (Lipinski definition) is 0. The summed E-state index contributed by atoms with van der Waals surface area (Å²) in [5.41, 5.74) is 4.03.